The Morgan fingerprint density at radius 3 is 2.67 bits per heavy atom. The Kier molecular flexibility index (Phi) is 5.28. The Bertz CT molecular complexity index is 1340. The molecule has 2 heterocycles. The van der Waals surface area contributed by atoms with E-state index in [2.05, 4.69) is 23.0 Å². The number of aromatic nitrogens is 2. The molecule has 4 aromatic rings. The number of H-pyrrole nitrogens is 1. The highest BCUT2D eigenvalue weighted by Crippen LogP contribution is 2.39. The Labute approximate surface area is 177 Å². The highest BCUT2D eigenvalue weighted by atomic mass is 32.2. The number of aromatic amines is 1. The van der Waals surface area contributed by atoms with Crippen molar-refractivity contribution in [3.05, 3.63) is 54.2 Å². The molecule has 156 valence electrons. The molecule has 0 amide bonds. The van der Waals surface area contributed by atoms with E-state index in [4.69, 9.17) is 4.74 Å². The number of benzene rings is 2. The van der Waals surface area contributed by atoms with Gasteiger partial charge in [0, 0.05) is 17.0 Å². The van der Waals surface area contributed by atoms with Crippen LogP contribution in [-0.4, -0.2) is 30.2 Å². The van der Waals surface area contributed by atoms with Crippen molar-refractivity contribution in [3.8, 4) is 16.9 Å². The third-order valence-electron chi connectivity index (χ3n) is 5.49. The fourth-order valence-corrected chi connectivity index (χ4v) is 4.55. The Morgan fingerprint density at radius 2 is 1.93 bits per heavy atom. The van der Waals surface area contributed by atoms with E-state index in [1.807, 2.05) is 38.2 Å². The van der Waals surface area contributed by atoms with E-state index in [0.29, 0.717) is 4.90 Å². The summed E-state index contributed by atoms with van der Waals surface area (Å²) in [6, 6.07) is 13.2. The van der Waals surface area contributed by atoms with Gasteiger partial charge < -0.3 is 9.72 Å². The summed E-state index contributed by atoms with van der Waals surface area (Å²) in [5.74, 6) is 0.847. The van der Waals surface area contributed by atoms with Crippen molar-refractivity contribution in [1.29, 1.82) is 0 Å². The van der Waals surface area contributed by atoms with Crippen molar-refractivity contribution in [1.82, 2.24) is 9.97 Å². The molecule has 0 fully saturated rings. The maximum absolute atomic E-state index is 12.4. The van der Waals surface area contributed by atoms with Gasteiger partial charge in [0.15, 0.2) is 9.84 Å². The van der Waals surface area contributed by atoms with E-state index in [-0.39, 0.29) is 11.9 Å². The number of ether oxygens (including phenoxy) is 1. The standard InChI is InChI=1S/C24H26N2O3S/c1-5-16(4)29-21-11-10-19(17-8-7-9-18(13-17)30(27,28)6-2)22-20-12-15(3)14-25-24(20)26-23(21)22/h7-14,16H,5-6H2,1-4H3,(H,25,26)/t16-/m1/s1. The van der Waals surface area contributed by atoms with Crippen LogP contribution in [0.4, 0.5) is 0 Å². The SMILES string of the molecule is CC[C@@H](C)Oc1ccc(-c2cccc(S(=O)(=O)CC)c2)c2c1[nH]c1ncc(C)cc12. The van der Waals surface area contributed by atoms with E-state index in [1.54, 1.807) is 25.1 Å². The van der Waals surface area contributed by atoms with Gasteiger partial charge in [0.05, 0.1) is 22.3 Å². The van der Waals surface area contributed by atoms with Crippen molar-refractivity contribution in [3.63, 3.8) is 0 Å². The van der Waals surface area contributed by atoms with E-state index in [1.165, 1.54) is 0 Å². The summed E-state index contributed by atoms with van der Waals surface area (Å²) >= 11 is 0. The highest BCUT2D eigenvalue weighted by molar-refractivity contribution is 7.91. The van der Waals surface area contributed by atoms with Gasteiger partial charge >= 0.3 is 0 Å². The lowest BCUT2D eigenvalue weighted by molar-refractivity contribution is 0.220. The maximum Gasteiger partial charge on any atom is 0.178 e. The molecule has 0 aliphatic rings. The lowest BCUT2D eigenvalue weighted by Crippen LogP contribution is -2.10. The summed E-state index contributed by atoms with van der Waals surface area (Å²) in [4.78, 5) is 8.31. The molecule has 2 aromatic carbocycles. The second kappa shape index (κ2) is 7.76. The quantitative estimate of drug-likeness (QED) is 0.435. The van der Waals surface area contributed by atoms with Crippen LogP contribution in [0.1, 0.15) is 32.8 Å². The third-order valence-corrected chi connectivity index (χ3v) is 7.22. The first kappa shape index (κ1) is 20.4. The topological polar surface area (TPSA) is 72.1 Å². The number of nitrogens with zero attached hydrogens (tertiary/aromatic N) is 1. The van der Waals surface area contributed by atoms with Gasteiger partial charge in [0.1, 0.15) is 11.4 Å². The molecule has 0 aliphatic heterocycles. The first-order valence-electron chi connectivity index (χ1n) is 10.2. The number of pyridine rings is 1. The first-order valence-corrected chi connectivity index (χ1v) is 11.9. The molecule has 6 heteroatoms. The number of aryl methyl sites for hydroxylation is 1. The molecule has 2 aromatic heterocycles. The minimum Gasteiger partial charge on any atom is -0.489 e. The van der Waals surface area contributed by atoms with Gasteiger partial charge in [-0.15, -0.1) is 0 Å². The summed E-state index contributed by atoms with van der Waals surface area (Å²) in [5.41, 5.74) is 4.53. The maximum atomic E-state index is 12.4. The van der Waals surface area contributed by atoms with Crippen LogP contribution in [0.2, 0.25) is 0 Å². The van der Waals surface area contributed by atoms with Crippen LogP contribution in [0.15, 0.2) is 53.6 Å². The van der Waals surface area contributed by atoms with E-state index >= 15 is 0 Å². The molecule has 0 saturated heterocycles. The summed E-state index contributed by atoms with van der Waals surface area (Å²) < 4.78 is 31.0. The molecule has 1 N–H and O–H groups in total. The van der Waals surface area contributed by atoms with Crippen LogP contribution in [0, 0.1) is 6.92 Å². The molecular formula is C24H26N2O3S. The minimum atomic E-state index is -3.29. The second-order valence-corrected chi connectivity index (χ2v) is 9.94. The van der Waals surface area contributed by atoms with E-state index < -0.39 is 9.84 Å². The lowest BCUT2D eigenvalue weighted by atomic mass is 9.99. The van der Waals surface area contributed by atoms with Gasteiger partial charge in [-0.05, 0) is 67.3 Å². The number of hydrogen-bond donors (Lipinski definition) is 1. The van der Waals surface area contributed by atoms with Crippen molar-refractivity contribution in [2.45, 2.75) is 45.1 Å². The predicted octanol–water partition coefficient (Wildman–Crippen LogP) is 5.66. The second-order valence-electron chi connectivity index (χ2n) is 7.66. The van der Waals surface area contributed by atoms with Gasteiger partial charge in [0.25, 0.3) is 0 Å². The summed E-state index contributed by atoms with van der Waals surface area (Å²) in [5, 5.41) is 1.99. The zero-order valence-corrected chi connectivity index (χ0v) is 18.5. The van der Waals surface area contributed by atoms with Crippen molar-refractivity contribution in [2.24, 2.45) is 0 Å². The summed E-state index contributed by atoms with van der Waals surface area (Å²) in [6.45, 7) is 7.81. The molecule has 0 spiro atoms. The summed E-state index contributed by atoms with van der Waals surface area (Å²) in [6.07, 6.45) is 2.82. The molecule has 5 nitrogen and oxygen atoms in total. The van der Waals surface area contributed by atoms with E-state index in [9.17, 15) is 8.42 Å². The molecule has 0 aliphatic carbocycles. The normalized spacial score (nSPS) is 13.1. The number of sulfone groups is 1. The minimum absolute atomic E-state index is 0.0732. The number of rotatable bonds is 6. The monoisotopic (exact) mass is 422 g/mol. The Morgan fingerprint density at radius 1 is 1.13 bits per heavy atom. The van der Waals surface area contributed by atoms with Crippen molar-refractivity contribution >= 4 is 31.8 Å². The van der Waals surface area contributed by atoms with Gasteiger partial charge in [-0.1, -0.05) is 26.0 Å². The molecule has 30 heavy (non-hydrogen) atoms. The largest absolute Gasteiger partial charge is 0.489 e. The molecule has 1 atom stereocenters. The molecule has 0 radical (unpaired) electrons. The summed E-state index contributed by atoms with van der Waals surface area (Å²) in [7, 11) is -3.29. The molecule has 0 saturated carbocycles. The van der Waals surface area contributed by atoms with Gasteiger partial charge in [0.2, 0.25) is 0 Å². The first-order chi connectivity index (χ1) is 14.3. The van der Waals surface area contributed by atoms with Gasteiger partial charge in [-0.3, -0.25) is 0 Å². The van der Waals surface area contributed by atoms with Crippen LogP contribution in [0.25, 0.3) is 33.1 Å². The molecule has 0 bridgehead atoms. The zero-order chi connectivity index (χ0) is 21.5. The molecular weight excluding hydrogens is 396 g/mol. The number of nitrogens with one attached hydrogen (secondary N) is 1. The van der Waals surface area contributed by atoms with Crippen molar-refractivity contribution < 1.29 is 13.2 Å². The predicted molar refractivity (Wildman–Crippen MR) is 122 cm³/mol. The Balaban J connectivity index is 2.02. The number of hydrogen-bond acceptors (Lipinski definition) is 4. The van der Waals surface area contributed by atoms with Gasteiger partial charge in [-0.2, -0.15) is 0 Å². The van der Waals surface area contributed by atoms with Crippen LogP contribution in [0.5, 0.6) is 5.75 Å². The average Bonchev–Trinajstić information content (AvgIpc) is 3.13. The van der Waals surface area contributed by atoms with Gasteiger partial charge in [-0.25, -0.2) is 13.4 Å². The highest BCUT2D eigenvalue weighted by Gasteiger charge is 2.18. The smallest absolute Gasteiger partial charge is 0.178 e. The zero-order valence-electron chi connectivity index (χ0n) is 17.7. The molecule has 0 unspecified atom stereocenters. The fourth-order valence-electron chi connectivity index (χ4n) is 3.63. The van der Waals surface area contributed by atoms with Crippen molar-refractivity contribution in [2.75, 3.05) is 5.75 Å². The number of fused-ring (bicyclic) bond motifs is 3. The van der Waals surface area contributed by atoms with E-state index in [0.717, 1.165) is 50.8 Å². The van der Waals surface area contributed by atoms with Crippen LogP contribution >= 0.6 is 0 Å². The van der Waals surface area contributed by atoms with Crippen LogP contribution < -0.4 is 4.74 Å². The Hall–Kier alpha value is -2.86. The fraction of sp³-hybridized carbons (Fsp3) is 0.292. The van der Waals surface area contributed by atoms with Crippen LogP contribution in [-0.2, 0) is 9.84 Å². The molecule has 4 rings (SSSR count). The van der Waals surface area contributed by atoms with Crippen LogP contribution in [0.3, 0.4) is 0 Å². The average molecular weight is 423 g/mol. The lowest BCUT2D eigenvalue weighted by Gasteiger charge is -2.15. The third kappa shape index (κ3) is 3.56.